The van der Waals surface area contributed by atoms with Gasteiger partial charge in [-0.15, -0.1) is 12.4 Å². The zero-order valence-electron chi connectivity index (χ0n) is 11.5. The Morgan fingerprint density at radius 2 is 2.21 bits per heavy atom. The predicted octanol–water partition coefficient (Wildman–Crippen LogP) is 2.25. The molecule has 5 heteroatoms. The summed E-state index contributed by atoms with van der Waals surface area (Å²) in [5.41, 5.74) is 6.64. The van der Waals surface area contributed by atoms with E-state index in [-0.39, 0.29) is 24.4 Å². The van der Waals surface area contributed by atoms with Crippen LogP contribution in [-0.4, -0.2) is 18.6 Å². The maximum absolute atomic E-state index is 11.5. The van der Waals surface area contributed by atoms with E-state index in [1.807, 2.05) is 38.1 Å². The van der Waals surface area contributed by atoms with Crippen molar-refractivity contribution in [3.05, 3.63) is 29.8 Å². The average Bonchev–Trinajstić information content (AvgIpc) is 2.35. The van der Waals surface area contributed by atoms with Crippen molar-refractivity contribution in [2.45, 2.75) is 39.3 Å². The molecule has 1 aromatic rings. The summed E-state index contributed by atoms with van der Waals surface area (Å²) < 4.78 is 5.40. The van der Waals surface area contributed by atoms with Gasteiger partial charge in [0.05, 0.1) is 6.61 Å². The summed E-state index contributed by atoms with van der Waals surface area (Å²) >= 11 is 0. The molecule has 0 saturated heterocycles. The van der Waals surface area contributed by atoms with Crippen molar-refractivity contribution >= 4 is 18.3 Å². The lowest BCUT2D eigenvalue weighted by Crippen LogP contribution is -2.25. The molecule has 108 valence electrons. The molecule has 0 saturated carbocycles. The molecule has 1 aromatic carbocycles. The summed E-state index contributed by atoms with van der Waals surface area (Å²) in [6.07, 6.45) is 1.19. The molecule has 0 heterocycles. The van der Waals surface area contributed by atoms with Crippen LogP contribution in [0.15, 0.2) is 24.3 Å². The van der Waals surface area contributed by atoms with E-state index in [9.17, 15) is 4.79 Å². The van der Waals surface area contributed by atoms with E-state index in [0.717, 1.165) is 11.3 Å². The van der Waals surface area contributed by atoms with Crippen LogP contribution >= 0.6 is 12.4 Å². The van der Waals surface area contributed by atoms with Crippen molar-refractivity contribution in [3.63, 3.8) is 0 Å². The van der Waals surface area contributed by atoms with E-state index in [0.29, 0.717) is 26.0 Å². The topological polar surface area (TPSA) is 64.3 Å². The van der Waals surface area contributed by atoms with Gasteiger partial charge in [0, 0.05) is 19.0 Å². The smallest absolute Gasteiger partial charge is 0.220 e. The molecule has 3 N–H and O–H groups in total. The van der Waals surface area contributed by atoms with Gasteiger partial charge in [-0.25, -0.2) is 0 Å². The number of rotatable bonds is 7. The van der Waals surface area contributed by atoms with Gasteiger partial charge in [0.25, 0.3) is 0 Å². The summed E-state index contributed by atoms with van der Waals surface area (Å²) in [5.74, 6) is 0.869. The third kappa shape index (κ3) is 7.70. The predicted molar refractivity (Wildman–Crippen MR) is 79.6 cm³/mol. The van der Waals surface area contributed by atoms with Gasteiger partial charge in [-0.3, -0.25) is 4.79 Å². The van der Waals surface area contributed by atoms with Crippen molar-refractivity contribution in [1.29, 1.82) is 0 Å². The Kier molecular flexibility index (Phi) is 9.00. The van der Waals surface area contributed by atoms with Gasteiger partial charge in [0.2, 0.25) is 5.91 Å². The summed E-state index contributed by atoms with van der Waals surface area (Å²) in [7, 11) is 0. The first kappa shape index (κ1) is 17.7. The highest BCUT2D eigenvalue weighted by Gasteiger charge is 2.03. The highest BCUT2D eigenvalue weighted by molar-refractivity contribution is 5.85. The number of hydrogen-bond donors (Lipinski definition) is 2. The fourth-order valence-electron chi connectivity index (χ4n) is 1.56. The second kappa shape index (κ2) is 9.64. The van der Waals surface area contributed by atoms with Gasteiger partial charge in [-0.1, -0.05) is 12.1 Å². The zero-order valence-corrected chi connectivity index (χ0v) is 12.3. The highest BCUT2D eigenvalue weighted by atomic mass is 35.5. The summed E-state index contributed by atoms with van der Waals surface area (Å²) in [5, 5.41) is 2.87. The van der Waals surface area contributed by atoms with Crippen molar-refractivity contribution < 1.29 is 9.53 Å². The summed E-state index contributed by atoms with van der Waals surface area (Å²) in [4.78, 5) is 11.5. The summed E-state index contributed by atoms with van der Waals surface area (Å²) in [6, 6.07) is 7.81. The fourth-order valence-corrected chi connectivity index (χ4v) is 1.56. The Hall–Kier alpha value is -1.26. The van der Waals surface area contributed by atoms with Crippen molar-refractivity contribution in [2.75, 3.05) is 6.61 Å². The molecule has 19 heavy (non-hydrogen) atoms. The Balaban J connectivity index is 0.00000324. The second-order valence-corrected chi connectivity index (χ2v) is 4.37. The first-order valence-corrected chi connectivity index (χ1v) is 6.35. The van der Waals surface area contributed by atoms with Gasteiger partial charge in [-0.05, 0) is 38.0 Å². The Bertz CT molecular complexity index is 383. The lowest BCUT2D eigenvalue weighted by Gasteiger charge is -2.08. The lowest BCUT2D eigenvalue weighted by molar-refractivity contribution is -0.121. The molecule has 0 bridgehead atoms. The number of carbonyl (C=O) groups excluding carboxylic acids is 1. The van der Waals surface area contributed by atoms with Gasteiger partial charge >= 0.3 is 0 Å². The number of nitrogens with one attached hydrogen (secondary N) is 1. The molecule has 0 spiro atoms. The lowest BCUT2D eigenvalue weighted by atomic mass is 10.2. The SMILES string of the molecule is CCOc1cccc(CNC(=O)CCC(C)N)c1.Cl. The van der Waals surface area contributed by atoms with Crippen LogP contribution in [0.3, 0.4) is 0 Å². The third-order valence-electron chi connectivity index (χ3n) is 2.53. The van der Waals surface area contributed by atoms with Crippen LogP contribution in [-0.2, 0) is 11.3 Å². The maximum Gasteiger partial charge on any atom is 0.220 e. The first-order chi connectivity index (χ1) is 8.61. The molecule has 0 fully saturated rings. The number of benzene rings is 1. The highest BCUT2D eigenvalue weighted by Crippen LogP contribution is 2.13. The molecule has 4 nitrogen and oxygen atoms in total. The third-order valence-corrected chi connectivity index (χ3v) is 2.53. The largest absolute Gasteiger partial charge is 0.494 e. The number of ether oxygens (including phenoxy) is 1. The van der Waals surface area contributed by atoms with E-state index in [4.69, 9.17) is 10.5 Å². The number of carbonyl (C=O) groups is 1. The Morgan fingerprint density at radius 1 is 1.47 bits per heavy atom. The van der Waals surface area contributed by atoms with Crippen molar-refractivity contribution in [1.82, 2.24) is 5.32 Å². The summed E-state index contributed by atoms with van der Waals surface area (Å²) in [6.45, 7) is 5.02. The van der Waals surface area contributed by atoms with Gasteiger partial charge in [0.1, 0.15) is 5.75 Å². The van der Waals surface area contributed by atoms with Crippen LogP contribution < -0.4 is 15.8 Å². The molecule has 1 atom stereocenters. The molecular weight excluding hydrogens is 264 g/mol. The maximum atomic E-state index is 11.5. The van der Waals surface area contributed by atoms with E-state index in [1.165, 1.54) is 0 Å². The molecule has 1 unspecified atom stereocenters. The van der Waals surface area contributed by atoms with Gasteiger partial charge < -0.3 is 15.8 Å². The zero-order chi connectivity index (χ0) is 13.4. The first-order valence-electron chi connectivity index (χ1n) is 6.35. The number of hydrogen-bond acceptors (Lipinski definition) is 3. The molecule has 0 aromatic heterocycles. The van der Waals surface area contributed by atoms with Crippen molar-refractivity contribution in [3.8, 4) is 5.75 Å². The van der Waals surface area contributed by atoms with Crippen LogP contribution in [0.5, 0.6) is 5.75 Å². The monoisotopic (exact) mass is 286 g/mol. The van der Waals surface area contributed by atoms with E-state index >= 15 is 0 Å². The molecule has 1 rings (SSSR count). The average molecular weight is 287 g/mol. The Labute approximate surface area is 121 Å². The van der Waals surface area contributed by atoms with Crippen LogP contribution in [0, 0.1) is 0 Å². The minimum absolute atomic E-state index is 0. The van der Waals surface area contributed by atoms with Gasteiger partial charge in [0.15, 0.2) is 0 Å². The molecule has 0 radical (unpaired) electrons. The second-order valence-electron chi connectivity index (χ2n) is 4.37. The molecule has 1 amide bonds. The quantitative estimate of drug-likeness (QED) is 0.808. The van der Waals surface area contributed by atoms with Crippen LogP contribution in [0.2, 0.25) is 0 Å². The number of nitrogens with two attached hydrogens (primary N) is 1. The van der Waals surface area contributed by atoms with Crippen LogP contribution in [0.25, 0.3) is 0 Å². The Morgan fingerprint density at radius 3 is 2.84 bits per heavy atom. The molecule has 0 aliphatic carbocycles. The molecule has 0 aliphatic heterocycles. The normalized spacial score (nSPS) is 11.3. The van der Waals surface area contributed by atoms with Crippen LogP contribution in [0.4, 0.5) is 0 Å². The fraction of sp³-hybridized carbons (Fsp3) is 0.500. The standard InChI is InChI=1S/C14H22N2O2.ClH/c1-3-18-13-6-4-5-12(9-13)10-16-14(17)8-7-11(2)15;/h4-6,9,11H,3,7-8,10,15H2,1-2H3,(H,16,17);1H. The molecular formula is C14H23ClN2O2. The van der Waals surface area contributed by atoms with Crippen molar-refractivity contribution in [2.24, 2.45) is 5.73 Å². The molecule has 0 aliphatic rings. The van der Waals surface area contributed by atoms with Gasteiger partial charge in [-0.2, -0.15) is 0 Å². The van der Waals surface area contributed by atoms with E-state index in [1.54, 1.807) is 0 Å². The van der Waals surface area contributed by atoms with Crippen LogP contribution in [0.1, 0.15) is 32.3 Å². The minimum Gasteiger partial charge on any atom is -0.494 e. The minimum atomic E-state index is 0. The number of amides is 1. The number of halogens is 1. The van der Waals surface area contributed by atoms with E-state index in [2.05, 4.69) is 5.32 Å². The van der Waals surface area contributed by atoms with E-state index < -0.39 is 0 Å².